The summed E-state index contributed by atoms with van der Waals surface area (Å²) < 4.78 is 0. The molecule has 1 atom stereocenters. The van der Waals surface area contributed by atoms with E-state index in [-0.39, 0.29) is 5.91 Å². The molecule has 0 unspecified atom stereocenters. The quantitative estimate of drug-likeness (QED) is 0.815. The van der Waals surface area contributed by atoms with Gasteiger partial charge in [-0.3, -0.25) is 4.79 Å². The summed E-state index contributed by atoms with van der Waals surface area (Å²) in [5.74, 6) is 1.59. The maximum atomic E-state index is 12.0. The number of rotatable bonds is 5. The molecule has 1 heterocycles. The molecular formula is C15H28N2OS. The Bertz CT molecular complexity index is 273. The fraction of sp³-hybridized carbons (Fsp3) is 0.933. The summed E-state index contributed by atoms with van der Waals surface area (Å²) in [4.78, 5) is 12.0. The molecule has 0 radical (unpaired) electrons. The molecule has 0 spiro atoms. The Hall–Kier alpha value is -0.220. The van der Waals surface area contributed by atoms with Gasteiger partial charge in [0.2, 0.25) is 5.91 Å². The second kappa shape index (κ2) is 8.15. The minimum Gasteiger partial charge on any atom is -0.353 e. The molecule has 1 aliphatic carbocycles. The minimum absolute atomic E-state index is 0.238. The van der Waals surface area contributed by atoms with Crippen molar-refractivity contribution in [3.8, 4) is 0 Å². The van der Waals surface area contributed by atoms with E-state index in [0.717, 1.165) is 13.1 Å². The molecule has 110 valence electrons. The van der Waals surface area contributed by atoms with Gasteiger partial charge in [0.15, 0.2) is 0 Å². The molecule has 0 aromatic carbocycles. The average Bonchev–Trinajstić information content (AvgIpc) is 2.47. The highest BCUT2D eigenvalue weighted by Crippen LogP contribution is 2.26. The molecule has 1 saturated carbocycles. The number of hydrogen-bond acceptors (Lipinski definition) is 3. The average molecular weight is 284 g/mol. The number of carbonyl (C=O) groups excluding carboxylic acids is 1. The molecule has 1 saturated heterocycles. The zero-order valence-electron chi connectivity index (χ0n) is 12.1. The summed E-state index contributed by atoms with van der Waals surface area (Å²) in [6.07, 6.45) is 9.06. The van der Waals surface area contributed by atoms with Crippen LogP contribution in [-0.2, 0) is 4.79 Å². The van der Waals surface area contributed by atoms with Gasteiger partial charge in [0.05, 0.1) is 5.75 Å². The van der Waals surface area contributed by atoms with Crippen LogP contribution >= 0.6 is 11.8 Å². The monoisotopic (exact) mass is 284 g/mol. The normalized spacial score (nSPS) is 24.1. The Balaban J connectivity index is 1.62. The Morgan fingerprint density at radius 1 is 1.21 bits per heavy atom. The number of hydrogen-bond donors (Lipinski definition) is 2. The third kappa shape index (κ3) is 5.35. The van der Waals surface area contributed by atoms with Crippen LogP contribution in [0.2, 0.25) is 0 Å². The standard InChI is InChI=1S/C15H28N2OS/c1-12(13-5-3-2-4-6-13)17-15(18)11-19-14-7-9-16-10-8-14/h12-14,16H,2-11H2,1H3,(H,17,18)/t12-/m1/s1. The van der Waals surface area contributed by atoms with Crippen molar-refractivity contribution >= 4 is 17.7 Å². The van der Waals surface area contributed by atoms with Gasteiger partial charge in [0.25, 0.3) is 0 Å². The van der Waals surface area contributed by atoms with Gasteiger partial charge in [0.1, 0.15) is 0 Å². The lowest BCUT2D eigenvalue weighted by molar-refractivity contribution is -0.119. The Morgan fingerprint density at radius 2 is 1.89 bits per heavy atom. The molecule has 2 aliphatic rings. The molecule has 2 N–H and O–H groups in total. The fourth-order valence-corrected chi connectivity index (χ4v) is 4.24. The van der Waals surface area contributed by atoms with Crippen molar-refractivity contribution in [1.82, 2.24) is 10.6 Å². The first-order valence-corrected chi connectivity index (χ1v) is 8.92. The first kappa shape index (κ1) is 15.2. The molecule has 0 aromatic heterocycles. The number of carbonyl (C=O) groups is 1. The number of thioether (sulfide) groups is 1. The molecule has 4 heteroatoms. The van der Waals surface area contributed by atoms with Crippen molar-refractivity contribution < 1.29 is 4.79 Å². The van der Waals surface area contributed by atoms with Crippen LogP contribution < -0.4 is 10.6 Å². The predicted octanol–water partition coefficient (Wildman–Crippen LogP) is 2.56. The van der Waals surface area contributed by atoms with Gasteiger partial charge in [-0.1, -0.05) is 19.3 Å². The summed E-state index contributed by atoms with van der Waals surface area (Å²) in [5.41, 5.74) is 0. The van der Waals surface area contributed by atoms with Crippen LogP contribution in [0.25, 0.3) is 0 Å². The molecule has 0 bridgehead atoms. The first-order chi connectivity index (χ1) is 9.25. The molecule has 0 aromatic rings. The topological polar surface area (TPSA) is 41.1 Å². The van der Waals surface area contributed by atoms with Crippen molar-refractivity contribution in [2.24, 2.45) is 5.92 Å². The van der Waals surface area contributed by atoms with Gasteiger partial charge < -0.3 is 10.6 Å². The Kier molecular flexibility index (Phi) is 6.51. The van der Waals surface area contributed by atoms with Crippen LogP contribution in [0.3, 0.4) is 0 Å². The van der Waals surface area contributed by atoms with Gasteiger partial charge in [-0.05, 0) is 51.6 Å². The SMILES string of the molecule is C[C@@H](NC(=O)CSC1CCNCC1)C1CCCCC1. The maximum absolute atomic E-state index is 12.0. The van der Waals surface area contributed by atoms with E-state index in [9.17, 15) is 4.79 Å². The lowest BCUT2D eigenvalue weighted by atomic mass is 9.84. The van der Waals surface area contributed by atoms with Crippen molar-refractivity contribution in [2.75, 3.05) is 18.8 Å². The van der Waals surface area contributed by atoms with Gasteiger partial charge >= 0.3 is 0 Å². The van der Waals surface area contributed by atoms with Gasteiger partial charge in [0, 0.05) is 11.3 Å². The third-order valence-corrected chi connectivity index (χ3v) is 5.85. The van der Waals surface area contributed by atoms with E-state index in [2.05, 4.69) is 17.6 Å². The summed E-state index contributed by atoms with van der Waals surface area (Å²) in [5, 5.41) is 7.26. The van der Waals surface area contributed by atoms with E-state index >= 15 is 0 Å². The smallest absolute Gasteiger partial charge is 0.230 e. The van der Waals surface area contributed by atoms with Crippen LogP contribution in [0.4, 0.5) is 0 Å². The van der Waals surface area contributed by atoms with E-state index in [0.29, 0.717) is 23.0 Å². The molecule has 1 aliphatic heterocycles. The number of amides is 1. The van der Waals surface area contributed by atoms with Gasteiger partial charge in [-0.15, -0.1) is 11.8 Å². The highest BCUT2D eigenvalue weighted by Gasteiger charge is 2.22. The predicted molar refractivity (Wildman–Crippen MR) is 82.5 cm³/mol. The molecule has 2 rings (SSSR count). The van der Waals surface area contributed by atoms with E-state index in [1.54, 1.807) is 0 Å². The maximum Gasteiger partial charge on any atom is 0.230 e. The molecule has 1 amide bonds. The van der Waals surface area contributed by atoms with Gasteiger partial charge in [-0.25, -0.2) is 0 Å². The number of piperidine rings is 1. The van der Waals surface area contributed by atoms with E-state index in [1.807, 2.05) is 11.8 Å². The summed E-state index contributed by atoms with van der Waals surface area (Å²) >= 11 is 1.84. The summed E-state index contributed by atoms with van der Waals surface area (Å²) in [6, 6.07) is 0.362. The van der Waals surface area contributed by atoms with Gasteiger partial charge in [-0.2, -0.15) is 0 Å². The zero-order valence-corrected chi connectivity index (χ0v) is 12.9. The van der Waals surface area contributed by atoms with Crippen molar-refractivity contribution in [1.29, 1.82) is 0 Å². The first-order valence-electron chi connectivity index (χ1n) is 7.87. The molecule has 3 nitrogen and oxygen atoms in total. The molecule has 2 fully saturated rings. The number of nitrogens with one attached hydrogen (secondary N) is 2. The second-order valence-electron chi connectivity index (χ2n) is 6.01. The summed E-state index contributed by atoms with van der Waals surface area (Å²) in [7, 11) is 0. The van der Waals surface area contributed by atoms with Crippen molar-refractivity contribution in [3.05, 3.63) is 0 Å². The highest BCUT2D eigenvalue weighted by molar-refractivity contribution is 8.00. The Morgan fingerprint density at radius 3 is 2.58 bits per heavy atom. The fourth-order valence-electron chi connectivity index (χ4n) is 3.20. The van der Waals surface area contributed by atoms with E-state index in [4.69, 9.17) is 0 Å². The lowest BCUT2D eigenvalue weighted by Gasteiger charge is -2.28. The van der Waals surface area contributed by atoms with Crippen LogP contribution in [0.5, 0.6) is 0 Å². The lowest BCUT2D eigenvalue weighted by Crippen LogP contribution is -2.40. The van der Waals surface area contributed by atoms with Crippen LogP contribution in [0, 0.1) is 5.92 Å². The molecular weight excluding hydrogens is 256 g/mol. The van der Waals surface area contributed by atoms with E-state index in [1.165, 1.54) is 44.9 Å². The highest BCUT2D eigenvalue weighted by atomic mass is 32.2. The largest absolute Gasteiger partial charge is 0.353 e. The third-order valence-electron chi connectivity index (χ3n) is 4.48. The van der Waals surface area contributed by atoms with E-state index < -0.39 is 0 Å². The van der Waals surface area contributed by atoms with Crippen molar-refractivity contribution in [2.45, 2.75) is 63.2 Å². The van der Waals surface area contributed by atoms with Crippen LogP contribution in [0.1, 0.15) is 51.9 Å². The van der Waals surface area contributed by atoms with Crippen LogP contribution in [-0.4, -0.2) is 36.0 Å². The van der Waals surface area contributed by atoms with Crippen LogP contribution in [0.15, 0.2) is 0 Å². The second-order valence-corrected chi connectivity index (χ2v) is 7.30. The van der Waals surface area contributed by atoms with Crippen molar-refractivity contribution in [3.63, 3.8) is 0 Å². The summed E-state index contributed by atoms with van der Waals surface area (Å²) in [6.45, 7) is 4.40. The minimum atomic E-state index is 0.238. The zero-order chi connectivity index (χ0) is 13.5. The Labute approximate surface area is 121 Å². The molecule has 19 heavy (non-hydrogen) atoms.